The number of phenolic OH excluding ortho intramolecular Hbond substituents is 1. The van der Waals surface area contributed by atoms with E-state index in [4.69, 9.17) is 4.74 Å². The van der Waals surface area contributed by atoms with E-state index in [0.29, 0.717) is 0 Å². The number of benzene rings is 4. The average Bonchev–Trinajstić information content (AvgIpc) is 2.77. The van der Waals surface area contributed by atoms with Crippen molar-refractivity contribution in [3.63, 3.8) is 0 Å². The predicted molar refractivity (Wildman–Crippen MR) is 118 cm³/mol. The molecule has 4 nitrogen and oxygen atoms in total. The molecule has 1 atom stereocenters. The van der Waals surface area contributed by atoms with Crippen molar-refractivity contribution in [3.8, 4) is 17.2 Å². The molecule has 144 valence electrons. The van der Waals surface area contributed by atoms with E-state index in [0.717, 1.165) is 28.6 Å². The standard InChI is InChI=1S/C26H18N2O2/c1-27-17-8-3-10-19-23(17)26-24-18(27)9-4-12-21(24)30-22-13-5-11-20(25(22)26)28(19)15-6-2-7-16(29)14-15/h2-14,26,29H,1H3. The molecule has 4 aromatic carbocycles. The predicted octanol–water partition coefficient (Wildman–Crippen LogP) is 6.54. The highest BCUT2D eigenvalue weighted by molar-refractivity contribution is 5.95. The lowest BCUT2D eigenvalue weighted by molar-refractivity contribution is 0.451. The van der Waals surface area contributed by atoms with E-state index >= 15 is 0 Å². The summed E-state index contributed by atoms with van der Waals surface area (Å²) in [6, 6.07) is 26.5. The summed E-state index contributed by atoms with van der Waals surface area (Å²) in [5.41, 5.74) is 9.26. The summed E-state index contributed by atoms with van der Waals surface area (Å²) in [6.07, 6.45) is 0. The van der Waals surface area contributed by atoms with Crippen molar-refractivity contribution >= 4 is 28.4 Å². The Labute approximate surface area is 174 Å². The molecule has 0 bridgehead atoms. The van der Waals surface area contributed by atoms with Crippen LogP contribution in [0.2, 0.25) is 0 Å². The van der Waals surface area contributed by atoms with Gasteiger partial charge >= 0.3 is 0 Å². The maximum atomic E-state index is 10.2. The largest absolute Gasteiger partial charge is 0.508 e. The molecule has 0 amide bonds. The Morgan fingerprint density at radius 1 is 0.700 bits per heavy atom. The Kier molecular flexibility index (Phi) is 2.85. The van der Waals surface area contributed by atoms with Crippen LogP contribution in [0.3, 0.4) is 0 Å². The van der Waals surface area contributed by atoms with E-state index in [1.54, 1.807) is 6.07 Å². The Morgan fingerprint density at radius 2 is 1.27 bits per heavy atom. The molecule has 0 aromatic heterocycles. The van der Waals surface area contributed by atoms with Crippen LogP contribution in [-0.2, 0) is 0 Å². The van der Waals surface area contributed by atoms with Crippen LogP contribution in [0.25, 0.3) is 0 Å². The fourth-order valence-corrected chi connectivity index (χ4v) is 5.36. The molecule has 0 saturated carbocycles. The second-order valence-corrected chi connectivity index (χ2v) is 8.04. The molecule has 4 aromatic rings. The van der Waals surface area contributed by atoms with Crippen molar-refractivity contribution in [2.75, 3.05) is 16.8 Å². The van der Waals surface area contributed by atoms with Crippen LogP contribution < -0.4 is 14.5 Å². The minimum atomic E-state index is 0.132. The zero-order chi connectivity index (χ0) is 20.0. The third-order valence-corrected chi connectivity index (χ3v) is 6.52. The monoisotopic (exact) mass is 390 g/mol. The van der Waals surface area contributed by atoms with Gasteiger partial charge in [-0.25, -0.2) is 0 Å². The summed E-state index contributed by atoms with van der Waals surface area (Å²) < 4.78 is 6.40. The van der Waals surface area contributed by atoms with Gasteiger partial charge in [0.25, 0.3) is 0 Å². The number of hydrogen-bond acceptors (Lipinski definition) is 4. The average molecular weight is 390 g/mol. The third-order valence-electron chi connectivity index (χ3n) is 6.52. The molecular weight excluding hydrogens is 372 g/mol. The van der Waals surface area contributed by atoms with Crippen molar-refractivity contribution in [3.05, 3.63) is 95.6 Å². The minimum Gasteiger partial charge on any atom is -0.508 e. The normalized spacial score (nSPS) is 16.8. The SMILES string of the molecule is CN1c2cccc3c2C2c4c(cccc4N(c4cccc(O)c4)c4cccc1c42)O3. The molecular formula is C26H18N2O2. The van der Waals surface area contributed by atoms with Gasteiger partial charge in [-0.3, -0.25) is 0 Å². The van der Waals surface area contributed by atoms with Gasteiger partial charge in [0, 0.05) is 52.8 Å². The molecule has 3 aliphatic heterocycles. The van der Waals surface area contributed by atoms with E-state index < -0.39 is 0 Å². The second-order valence-electron chi connectivity index (χ2n) is 8.04. The molecule has 7 rings (SSSR count). The molecule has 0 saturated heterocycles. The van der Waals surface area contributed by atoms with E-state index in [2.05, 4.69) is 65.4 Å². The van der Waals surface area contributed by atoms with Crippen molar-refractivity contribution in [2.45, 2.75) is 5.92 Å². The van der Waals surface area contributed by atoms with Gasteiger partial charge < -0.3 is 19.6 Å². The quantitative estimate of drug-likeness (QED) is 0.346. The van der Waals surface area contributed by atoms with Crippen LogP contribution >= 0.6 is 0 Å². The summed E-state index contributed by atoms with van der Waals surface area (Å²) in [6.45, 7) is 0. The Bertz CT molecular complexity index is 1380. The van der Waals surface area contributed by atoms with Gasteiger partial charge in [0.15, 0.2) is 0 Å². The number of rotatable bonds is 1. The topological polar surface area (TPSA) is 35.9 Å². The Hall–Kier alpha value is -3.92. The maximum Gasteiger partial charge on any atom is 0.133 e. The van der Waals surface area contributed by atoms with E-state index in [9.17, 15) is 5.11 Å². The van der Waals surface area contributed by atoms with Crippen molar-refractivity contribution in [2.24, 2.45) is 0 Å². The maximum absolute atomic E-state index is 10.2. The fourth-order valence-electron chi connectivity index (χ4n) is 5.36. The number of hydrogen-bond donors (Lipinski definition) is 1. The molecule has 0 aliphatic carbocycles. The Balaban J connectivity index is 1.63. The van der Waals surface area contributed by atoms with Crippen LogP contribution in [-0.4, -0.2) is 12.2 Å². The zero-order valence-corrected chi connectivity index (χ0v) is 16.3. The number of anilines is 5. The molecule has 3 heterocycles. The van der Waals surface area contributed by atoms with Gasteiger partial charge in [-0.05, 0) is 48.5 Å². The molecule has 0 fully saturated rings. The lowest BCUT2D eigenvalue weighted by atomic mass is 9.74. The van der Waals surface area contributed by atoms with Crippen LogP contribution in [0.4, 0.5) is 28.4 Å². The molecule has 4 heteroatoms. The first-order valence-corrected chi connectivity index (χ1v) is 10.1. The summed E-state index contributed by atoms with van der Waals surface area (Å²) in [4.78, 5) is 4.50. The number of ether oxygens (including phenoxy) is 1. The smallest absolute Gasteiger partial charge is 0.133 e. The number of phenols is 1. The molecule has 3 aliphatic rings. The van der Waals surface area contributed by atoms with Gasteiger partial charge in [-0.1, -0.05) is 24.3 Å². The van der Waals surface area contributed by atoms with Gasteiger partial charge in [-0.2, -0.15) is 0 Å². The summed E-state index contributed by atoms with van der Waals surface area (Å²) >= 11 is 0. The van der Waals surface area contributed by atoms with Crippen molar-refractivity contribution < 1.29 is 9.84 Å². The zero-order valence-electron chi connectivity index (χ0n) is 16.3. The first-order valence-electron chi connectivity index (χ1n) is 10.1. The van der Waals surface area contributed by atoms with Crippen LogP contribution in [0.15, 0.2) is 78.9 Å². The molecule has 1 N–H and O–H groups in total. The van der Waals surface area contributed by atoms with Gasteiger partial charge in [-0.15, -0.1) is 0 Å². The summed E-state index contributed by atoms with van der Waals surface area (Å²) in [5.74, 6) is 2.22. The van der Waals surface area contributed by atoms with Crippen molar-refractivity contribution in [1.29, 1.82) is 0 Å². The van der Waals surface area contributed by atoms with Gasteiger partial charge in [0.1, 0.15) is 17.2 Å². The Morgan fingerprint density at radius 3 is 2.00 bits per heavy atom. The van der Waals surface area contributed by atoms with E-state index in [-0.39, 0.29) is 11.7 Å². The first kappa shape index (κ1) is 15.9. The molecule has 1 unspecified atom stereocenters. The highest BCUT2D eigenvalue weighted by Gasteiger charge is 2.44. The van der Waals surface area contributed by atoms with E-state index in [1.807, 2.05) is 24.3 Å². The lowest BCUT2D eigenvalue weighted by Gasteiger charge is -2.46. The van der Waals surface area contributed by atoms with Crippen LogP contribution in [0.5, 0.6) is 17.2 Å². The third kappa shape index (κ3) is 1.81. The number of aromatic hydroxyl groups is 1. The second kappa shape index (κ2) is 5.36. The summed E-state index contributed by atoms with van der Waals surface area (Å²) in [7, 11) is 2.12. The highest BCUT2D eigenvalue weighted by Crippen LogP contribution is 2.64. The highest BCUT2D eigenvalue weighted by atomic mass is 16.5. The molecule has 0 spiro atoms. The fraction of sp³-hybridized carbons (Fsp3) is 0.0769. The molecule has 0 radical (unpaired) electrons. The van der Waals surface area contributed by atoms with Gasteiger partial charge in [0.05, 0.1) is 11.4 Å². The van der Waals surface area contributed by atoms with Crippen LogP contribution in [0.1, 0.15) is 22.6 Å². The van der Waals surface area contributed by atoms with Crippen molar-refractivity contribution in [1.82, 2.24) is 0 Å². The number of nitrogens with zero attached hydrogens (tertiary/aromatic N) is 2. The lowest BCUT2D eigenvalue weighted by Crippen LogP contribution is -2.31. The van der Waals surface area contributed by atoms with E-state index in [1.165, 1.54) is 28.1 Å². The molecule has 30 heavy (non-hydrogen) atoms. The minimum absolute atomic E-state index is 0.132. The first-order chi connectivity index (χ1) is 14.7. The van der Waals surface area contributed by atoms with Crippen LogP contribution in [0, 0.1) is 0 Å². The summed E-state index contributed by atoms with van der Waals surface area (Å²) in [5, 5.41) is 10.2. The van der Waals surface area contributed by atoms with Gasteiger partial charge in [0.2, 0.25) is 0 Å².